The average molecular weight is 327 g/mol. The molecule has 4 nitrogen and oxygen atoms in total. The van der Waals surface area contributed by atoms with Crippen molar-refractivity contribution in [2.45, 2.75) is 5.37 Å². The first-order valence-corrected chi connectivity index (χ1v) is 8.75. The number of hydrogen-bond donors (Lipinski definition) is 0. The van der Waals surface area contributed by atoms with Crippen molar-refractivity contribution in [1.29, 1.82) is 0 Å². The first-order chi connectivity index (χ1) is 11.3. The maximum Gasteiger partial charge on any atom is 0.255 e. The number of benzene rings is 2. The molecule has 0 aliphatic carbocycles. The zero-order chi connectivity index (χ0) is 15.6. The second-order valence-corrected chi connectivity index (χ2v) is 6.68. The molecule has 2 heterocycles. The average Bonchev–Trinajstić information content (AvgIpc) is 3.11. The van der Waals surface area contributed by atoms with Crippen LogP contribution < -0.4 is 9.47 Å². The van der Waals surface area contributed by atoms with Gasteiger partial charge in [-0.2, -0.15) is 0 Å². The summed E-state index contributed by atoms with van der Waals surface area (Å²) in [6.07, 6.45) is 0. The Morgan fingerprint density at radius 1 is 1.04 bits per heavy atom. The van der Waals surface area contributed by atoms with Gasteiger partial charge in [0, 0.05) is 17.9 Å². The van der Waals surface area contributed by atoms with E-state index in [-0.39, 0.29) is 11.3 Å². The number of carbonyl (C=O) groups is 1. The van der Waals surface area contributed by atoms with E-state index in [1.165, 1.54) is 0 Å². The van der Waals surface area contributed by atoms with Crippen LogP contribution in [0.2, 0.25) is 0 Å². The number of nitrogens with zero attached hydrogens (tertiary/aromatic N) is 1. The lowest BCUT2D eigenvalue weighted by Gasteiger charge is -2.26. The molecule has 1 saturated heterocycles. The SMILES string of the molecule is O=C(c1ccccc1)N1CCSC1c1ccc2c(c1)OCCO2. The lowest BCUT2D eigenvalue weighted by molar-refractivity contribution is 0.0760. The summed E-state index contributed by atoms with van der Waals surface area (Å²) in [7, 11) is 0. The van der Waals surface area contributed by atoms with E-state index in [0.29, 0.717) is 13.2 Å². The second-order valence-electron chi connectivity index (χ2n) is 5.49. The molecule has 0 saturated carbocycles. The molecular weight excluding hydrogens is 310 g/mol. The van der Waals surface area contributed by atoms with Gasteiger partial charge in [0.2, 0.25) is 0 Å². The molecule has 2 aromatic carbocycles. The highest BCUT2D eigenvalue weighted by molar-refractivity contribution is 7.99. The summed E-state index contributed by atoms with van der Waals surface area (Å²) in [5, 5.41) is 0.0264. The molecule has 1 amide bonds. The van der Waals surface area contributed by atoms with Crippen molar-refractivity contribution in [2.75, 3.05) is 25.5 Å². The van der Waals surface area contributed by atoms with Crippen molar-refractivity contribution in [3.05, 3.63) is 59.7 Å². The quantitative estimate of drug-likeness (QED) is 0.848. The van der Waals surface area contributed by atoms with Crippen LogP contribution in [0.15, 0.2) is 48.5 Å². The number of fused-ring (bicyclic) bond motifs is 1. The predicted molar refractivity (Wildman–Crippen MR) is 90.1 cm³/mol. The van der Waals surface area contributed by atoms with Crippen molar-refractivity contribution < 1.29 is 14.3 Å². The van der Waals surface area contributed by atoms with E-state index >= 15 is 0 Å². The van der Waals surface area contributed by atoms with Crippen LogP contribution in [0.4, 0.5) is 0 Å². The molecule has 2 aromatic rings. The molecule has 1 unspecified atom stereocenters. The van der Waals surface area contributed by atoms with E-state index < -0.39 is 0 Å². The highest BCUT2D eigenvalue weighted by Gasteiger charge is 2.32. The van der Waals surface area contributed by atoms with E-state index in [2.05, 4.69) is 0 Å². The van der Waals surface area contributed by atoms with Gasteiger partial charge in [-0.25, -0.2) is 0 Å². The van der Waals surface area contributed by atoms with Crippen molar-refractivity contribution in [2.24, 2.45) is 0 Å². The summed E-state index contributed by atoms with van der Waals surface area (Å²) >= 11 is 1.79. The van der Waals surface area contributed by atoms with E-state index in [1.54, 1.807) is 11.8 Å². The molecule has 0 spiro atoms. The molecule has 0 radical (unpaired) electrons. The smallest absolute Gasteiger partial charge is 0.255 e. The third-order valence-electron chi connectivity index (χ3n) is 4.02. The molecule has 2 aliphatic heterocycles. The highest BCUT2D eigenvalue weighted by Crippen LogP contribution is 2.42. The molecule has 0 bridgehead atoms. The van der Waals surface area contributed by atoms with Gasteiger partial charge in [-0.15, -0.1) is 11.8 Å². The van der Waals surface area contributed by atoms with E-state index in [1.807, 2.05) is 53.4 Å². The van der Waals surface area contributed by atoms with Gasteiger partial charge in [-0.05, 0) is 29.8 Å². The number of carbonyl (C=O) groups excluding carboxylic acids is 1. The minimum Gasteiger partial charge on any atom is -0.486 e. The van der Waals surface area contributed by atoms with E-state index in [4.69, 9.17) is 9.47 Å². The van der Waals surface area contributed by atoms with Crippen LogP contribution in [0.25, 0.3) is 0 Å². The van der Waals surface area contributed by atoms with Gasteiger partial charge in [-0.1, -0.05) is 24.3 Å². The summed E-state index contributed by atoms with van der Waals surface area (Å²) in [4.78, 5) is 14.7. The Kier molecular flexibility index (Phi) is 3.87. The molecule has 5 heteroatoms. The van der Waals surface area contributed by atoms with Gasteiger partial charge in [0.25, 0.3) is 5.91 Å². The molecule has 1 atom stereocenters. The minimum absolute atomic E-state index is 0.0264. The fourth-order valence-electron chi connectivity index (χ4n) is 2.91. The molecule has 118 valence electrons. The zero-order valence-electron chi connectivity index (χ0n) is 12.6. The maximum atomic E-state index is 12.8. The van der Waals surface area contributed by atoms with Crippen molar-refractivity contribution in [1.82, 2.24) is 4.90 Å². The number of rotatable bonds is 2. The van der Waals surface area contributed by atoms with Gasteiger partial charge < -0.3 is 14.4 Å². The molecular formula is C18H17NO3S. The number of amides is 1. The number of ether oxygens (including phenoxy) is 2. The number of hydrogen-bond acceptors (Lipinski definition) is 4. The van der Waals surface area contributed by atoms with Gasteiger partial charge >= 0.3 is 0 Å². The Morgan fingerprint density at radius 2 is 1.83 bits per heavy atom. The maximum absolute atomic E-state index is 12.8. The van der Waals surface area contributed by atoms with Crippen molar-refractivity contribution in [3.63, 3.8) is 0 Å². The molecule has 23 heavy (non-hydrogen) atoms. The summed E-state index contributed by atoms with van der Waals surface area (Å²) in [6.45, 7) is 1.92. The van der Waals surface area contributed by atoms with Crippen LogP contribution in [0.5, 0.6) is 11.5 Å². The summed E-state index contributed by atoms with van der Waals surface area (Å²) in [5.41, 5.74) is 1.82. The molecule has 0 N–H and O–H groups in total. The largest absolute Gasteiger partial charge is 0.486 e. The van der Waals surface area contributed by atoms with Gasteiger partial charge in [-0.3, -0.25) is 4.79 Å². The lowest BCUT2D eigenvalue weighted by Crippen LogP contribution is -2.30. The van der Waals surface area contributed by atoms with Crippen LogP contribution in [0, 0.1) is 0 Å². The molecule has 4 rings (SSSR count). The standard InChI is InChI=1S/C18H17NO3S/c20-17(13-4-2-1-3-5-13)19-8-11-23-18(19)14-6-7-15-16(12-14)22-10-9-21-15/h1-7,12,18H,8-11H2. The zero-order valence-corrected chi connectivity index (χ0v) is 13.4. The van der Waals surface area contributed by atoms with Crippen LogP contribution in [0.3, 0.4) is 0 Å². The molecule has 2 aliphatic rings. The first kappa shape index (κ1) is 14.5. The van der Waals surface area contributed by atoms with E-state index in [0.717, 1.165) is 34.9 Å². The van der Waals surface area contributed by atoms with Crippen LogP contribution in [-0.2, 0) is 0 Å². The third kappa shape index (κ3) is 2.77. The Balaban J connectivity index is 1.62. The molecule has 1 fully saturated rings. The van der Waals surface area contributed by atoms with Gasteiger partial charge in [0.05, 0.1) is 0 Å². The number of thioether (sulfide) groups is 1. The van der Waals surface area contributed by atoms with Gasteiger partial charge in [0.1, 0.15) is 18.6 Å². The molecule has 0 aromatic heterocycles. The summed E-state index contributed by atoms with van der Waals surface area (Å²) < 4.78 is 11.2. The van der Waals surface area contributed by atoms with Crippen molar-refractivity contribution >= 4 is 17.7 Å². The Labute approximate surface area is 139 Å². The normalized spacial score (nSPS) is 19.7. The van der Waals surface area contributed by atoms with E-state index in [9.17, 15) is 4.79 Å². The summed E-state index contributed by atoms with van der Waals surface area (Å²) in [6, 6.07) is 15.4. The van der Waals surface area contributed by atoms with Gasteiger partial charge in [0.15, 0.2) is 11.5 Å². The fourth-order valence-corrected chi connectivity index (χ4v) is 4.16. The van der Waals surface area contributed by atoms with Crippen LogP contribution >= 0.6 is 11.8 Å². The first-order valence-electron chi connectivity index (χ1n) is 7.70. The topological polar surface area (TPSA) is 38.8 Å². The third-order valence-corrected chi connectivity index (χ3v) is 5.28. The monoisotopic (exact) mass is 327 g/mol. The predicted octanol–water partition coefficient (Wildman–Crippen LogP) is 3.35. The fraction of sp³-hybridized carbons (Fsp3) is 0.278. The lowest BCUT2D eigenvalue weighted by atomic mass is 10.1. The van der Waals surface area contributed by atoms with Crippen molar-refractivity contribution in [3.8, 4) is 11.5 Å². The van der Waals surface area contributed by atoms with Crippen LogP contribution in [-0.4, -0.2) is 36.3 Å². The highest BCUT2D eigenvalue weighted by atomic mass is 32.2. The van der Waals surface area contributed by atoms with Crippen LogP contribution in [0.1, 0.15) is 21.3 Å². The minimum atomic E-state index is 0.0264. The Morgan fingerprint density at radius 3 is 2.65 bits per heavy atom. The second kappa shape index (κ2) is 6.16. The Bertz CT molecular complexity index is 719. The summed E-state index contributed by atoms with van der Waals surface area (Å²) in [5.74, 6) is 2.57. The Hall–Kier alpha value is -2.14.